The standard InChI is InChI=1S/C14H19N3O2S/c1-3-20(18,19)9-8-17-14(15)10-13(16-17)12-6-4-11(2)5-7-12/h4-7,10H,3,8-9,15H2,1-2H3. The van der Waals surface area contributed by atoms with Crippen LogP contribution < -0.4 is 5.73 Å². The lowest BCUT2D eigenvalue weighted by molar-refractivity contribution is 0.583. The Morgan fingerprint density at radius 3 is 2.50 bits per heavy atom. The number of aromatic nitrogens is 2. The Morgan fingerprint density at radius 2 is 1.90 bits per heavy atom. The molecule has 20 heavy (non-hydrogen) atoms. The maximum Gasteiger partial charge on any atom is 0.151 e. The van der Waals surface area contributed by atoms with Crippen LogP contribution >= 0.6 is 0 Å². The van der Waals surface area contributed by atoms with Crippen LogP contribution in [0.15, 0.2) is 30.3 Å². The fourth-order valence-electron chi connectivity index (χ4n) is 1.85. The molecule has 0 aliphatic heterocycles. The molecular weight excluding hydrogens is 274 g/mol. The fraction of sp³-hybridized carbons (Fsp3) is 0.357. The van der Waals surface area contributed by atoms with E-state index in [-0.39, 0.29) is 18.1 Å². The minimum Gasteiger partial charge on any atom is -0.384 e. The number of benzene rings is 1. The predicted octanol–water partition coefficient (Wildman–Crippen LogP) is 1.88. The Hall–Kier alpha value is -1.82. The average molecular weight is 293 g/mol. The number of rotatable bonds is 5. The normalized spacial score (nSPS) is 11.7. The zero-order chi connectivity index (χ0) is 14.8. The van der Waals surface area contributed by atoms with Gasteiger partial charge in [-0.15, -0.1) is 0 Å². The van der Waals surface area contributed by atoms with Gasteiger partial charge in [-0.05, 0) is 6.92 Å². The molecule has 0 spiro atoms. The van der Waals surface area contributed by atoms with Crippen molar-refractivity contribution in [3.8, 4) is 11.3 Å². The highest BCUT2D eigenvalue weighted by atomic mass is 32.2. The molecule has 0 saturated heterocycles. The molecular formula is C14H19N3O2S. The van der Waals surface area contributed by atoms with E-state index in [4.69, 9.17) is 5.73 Å². The monoisotopic (exact) mass is 293 g/mol. The van der Waals surface area contributed by atoms with E-state index in [1.54, 1.807) is 17.7 Å². The molecule has 1 aromatic heterocycles. The molecule has 5 nitrogen and oxygen atoms in total. The molecule has 1 aromatic carbocycles. The molecule has 2 rings (SSSR count). The van der Waals surface area contributed by atoms with Crippen molar-refractivity contribution in [1.82, 2.24) is 9.78 Å². The molecule has 2 aromatic rings. The molecule has 108 valence electrons. The van der Waals surface area contributed by atoms with Crippen LogP contribution in [0.2, 0.25) is 0 Å². The van der Waals surface area contributed by atoms with E-state index in [0.29, 0.717) is 5.82 Å². The predicted molar refractivity (Wildman–Crippen MR) is 81.1 cm³/mol. The van der Waals surface area contributed by atoms with Crippen LogP contribution in [0.1, 0.15) is 12.5 Å². The number of nitrogens with zero attached hydrogens (tertiary/aromatic N) is 2. The van der Waals surface area contributed by atoms with Crippen molar-refractivity contribution in [2.45, 2.75) is 20.4 Å². The number of hydrogen-bond acceptors (Lipinski definition) is 4. The topological polar surface area (TPSA) is 78.0 Å². The third-order valence-electron chi connectivity index (χ3n) is 3.21. The molecule has 0 aliphatic rings. The zero-order valence-corrected chi connectivity index (χ0v) is 12.5. The molecule has 0 aliphatic carbocycles. The largest absolute Gasteiger partial charge is 0.384 e. The van der Waals surface area contributed by atoms with Gasteiger partial charge in [0, 0.05) is 17.4 Å². The van der Waals surface area contributed by atoms with Gasteiger partial charge in [0.25, 0.3) is 0 Å². The number of nitrogen functional groups attached to an aromatic ring is 1. The first-order valence-corrected chi connectivity index (χ1v) is 8.34. The Kier molecular flexibility index (Phi) is 4.13. The van der Waals surface area contributed by atoms with Crippen LogP contribution in [0.5, 0.6) is 0 Å². The number of sulfone groups is 1. The Bertz CT molecular complexity index is 688. The van der Waals surface area contributed by atoms with Gasteiger partial charge in [0.1, 0.15) is 5.82 Å². The van der Waals surface area contributed by atoms with Crippen LogP contribution in [0, 0.1) is 6.92 Å². The molecule has 6 heteroatoms. The van der Waals surface area contributed by atoms with E-state index in [1.165, 1.54) is 5.56 Å². The summed E-state index contributed by atoms with van der Waals surface area (Å²) in [6.07, 6.45) is 0. The summed E-state index contributed by atoms with van der Waals surface area (Å²) in [5.41, 5.74) is 8.79. The first-order chi connectivity index (χ1) is 9.41. The Balaban J connectivity index is 2.19. The summed E-state index contributed by atoms with van der Waals surface area (Å²) in [6, 6.07) is 9.73. The minimum atomic E-state index is -3.01. The quantitative estimate of drug-likeness (QED) is 0.913. The van der Waals surface area contributed by atoms with Crippen LogP contribution in [0.25, 0.3) is 11.3 Å². The van der Waals surface area contributed by atoms with Gasteiger partial charge in [0.15, 0.2) is 9.84 Å². The summed E-state index contributed by atoms with van der Waals surface area (Å²) < 4.78 is 24.6. The van der Waals surface area contributed by atoms with Crippen molar-refractivity contribution in [2.24, 2.45) is 0 Å². The fourth-order valence-corrected chi connectivity index (χ4v) is 2.59. The second-order valence-corrected chi connectivity index (χ2v) is 7.25. The molecule has 0 radical (unpaired) electrons. The molecule has 0 atom stereocenters. The maximum absolute atomic E-state index is 11.5. The number of nitrogens with two attached hydrogens (primary N) is 1. The lowest BCUT2D eigenvalue weighted by Gasteiger charge is -2.04. The first kappa shape index (κ1) is 14.6. The Labute approximate surface area is 119 Å². The van der Waals surface area contributed by atoms with Crippen molar-refractivity contribution in [1.29, 1.82) is 0 Å². The molecule has 2 N–H and O–H groups in total. The first-order valence-electron chi connectivity index (χ1n) is 6.52. The van der Waals surface area contributed by atoms with Gasteiger partial charge in [-0.1, -0.05) is 36.8 Å². The lowest BCUT2D eigenvalue weighted by atomic mass is 10.1. The van der Waals surface area contributed by atoms with Crippen molar-refractivity contribution >= 4 is 15.7 Å². The number of anilines is 1. The highest BCUT2D eigenvalue weighted by Gasteiger charge is 2.11. The van der Waals surface area contributed by atoms with Crippen LogP contribution in [0.4, 0.5) is 5.82 Å². The highest BCUT2D eigenvalue weighted by molar-refractivity contribution is 7.91. The van der Waals surface area contributed by atoms with Gasteiger partial charge in [-0.3, -0.25) is 0 Å². The van der Waals surface area contributed by atoms with E-state index in [9.17, 15) is 8.42 Å². The lowest BCUT2D eigenvalue weighted by Crippen LogP contribution is -2.16. The summed E-state index contributed by atoms with van der Waals surface area (Å²) in [7, 11) is -3.01. The average Bonchev–Trinajstić information content (AvgIpc) is 2.79. The smallest absolute Gasteiger partial charge is 0.151 e. The van der Waals surface area contributed by atoms with E-state index < -0.39 is 9.84 Å². The Morgan fingerprint density at radius 1 is 1.25 bits per heavy atom. The number of hydrogen-bond donors (Lipinski definition) is 1. The van der Waals surface area contributed by atoms with Gasteiger partial charge in [0.05, 0.1) is 18.0 Å². The van der Waals surface area contributed by atoms with E-state index in [0.717, 1.165) is 11.3 Å². The van der Waals surface area contributed by atoms with E-state index >= 15 is 0 Å². The van der Waals surface area contributed by atoms with Gasteiger partial charge in [0.2, 0.25) is 0 Å². The van der Waals surface area contributed by atoms with Crippen molar-refractivity contribution in [2.75, 3.05) is 17.2 Å². The van der Waals surface area contributed by atoms with Gasteiger partial charge >= 0.3 is 0 Å². The van der Waals surface area contributed by atoms with Gasteiger partial charge in [-0.2, -0.15) is 5.10 Å². The van der Waals surface area contributed by atoms with E-state index in [1.807, 2.05) is 31.2 Å². The summed E-state index contributed by atoms with van der Waals surface area (Å²) >= 11 is 0. The molecule has 1 heterocycles. The second-order valence-electron chi connectivity index (χ2n) is 4.78. The van der Waals surface area contributed by atoms with Gasteiger partial charge in [-0.25, -0.2) is 13.1 Å². The van der Waals surface area contributed by atoms with Crippen LogP contribution in [0.3, 0.4) is 0 Å². The van der Waals surface area contributed by atoms with Crippen molar-refractivity contribution in [3.63, 3.8) is 0 Å². The second kappa shape index (κ2) is 5.66. The maximum atomic E-state index is 11.5. The summed E-state index contributed by atoms with van der Waals surface area (Å²) in [5, 5.41) is 4.37. The summed E-state index contributed by atoms with van der Waals surface area (Å²) in [5.74, 6) is 0.675. The molecule has 0 amide bonds. The molecule has 0 bridgehead atoms. The van der Waals surface area contributed by atoms with E-state index in [2.05, 4.69) is 5.10 Å². The highest BCUT2D eigenvalue weighted by Crippen LogP contribution is 2.20. The molecule has 0 unspecified atom stereocenters. The summed E-state index contributed by atoms with van der Waals surface area (Å²) in [6.45, 7) is 3.94. The van der Waals surface area contributed by atoms with Crippen LogP contribution in [-0.4, -0.2) is 29.7 Å². The molecule has 0 saturated carbocycles. The number of aryl methyl sites for hydroxylation is 2. The SMILES string of the molecule is CCS(=O)(=O)CCn1nc(-c2ccc(C)cc2)cc1N. The third kappa shape index (κ3) is 3.39. The third-order valence-corrected chi connectivity index (χ3v) is 4.90. The van der Waals surface area contributed by atoms with Crippen LogP contribution in [-0.2, 0) is 16.4 Å². The summed E-state index contributed by atoms with van der Waals surface area (Å²) in [4.78, 5) is 0. The van der Waals surface area contributed by atoms with Gasteiger partial charge < -0.3 is 5.73 Å². The van der Waals surface area contributed by atoms with Crippen molar-refractivity contribution in [3.05, 3.63) is 35.9 Å². The molecule has 0 fully saturated rings. The van der Waals surface area contributed by atoms with Crippen molar-refractivity contribution < 1.29 is 8.42 Å². The zero-order valence-electron chi connectivity index (χ0n) is 11.7. The minimum absolute atomic E-state index is 0.0583.